The zero-order valence-electron chi connectivity index (χ0n) is 18.7. The van der Waals surface area contributed by atoms with Crippen LogP contribution in [-0.2, 0) is 16.1 Å². The van der Waals surface area contributed by atoms with Crippen molar-refractivity contribution in [1.82, 2.24) is 29.9 Å². The van der Waals surface area contributed by atoms with E-state index in [-0.39, 0.29) is 12.1 Å². The van der Waals surface area contributed by atoms with Crippen LogP contribution < -0.4 is 10.6 Å². The molecule has 1 aliphatic heterocycles. The number of hydrogen-bond donors (Lipinski definition) is 1. The number of carbonyl (C=O) groups excluding carboxylic acids is 2. The molecule has 0 amide bonds. The molecule has 3 aromatic heterocycles. The van der Waals surface area contributed by atoms with Crippen LogP contribution in [0.25, 0.3) is 22.6 Å². The number of nitriles is 1. The fourth-order valence-electron chi connectivity index (χ4n) is 3.75. The second-order valence-corrected chi connectivity index (χ2v) is 8.58. The first kappa shape index (κ1) is 23.7. The number of piperidine rings is 1. The van der Waals surface area contributed by atoms with E-state index in [0.29, 0.717) is 29.2 Å². The highest BCUT2D eigenvalue weighted by molar-refractivity contribution is 7.13. The van der Waals surface area contributed by atoms with Crippen LogP contribution in [0.15, 0.2) is 41.9 Å². The van der Waals surface area contributed by atoms with E-state index in [1.54, 1.807) is 34.2 Å². The average molecular weight is 488 g/mol. The van der Waals surface area contributed by atoms with E-state index in [2.05, 4.69) is 36.6 Å². The molecular formula is C23H21N9O2S. The van der Waals surface area contributed by atoms with Crippen LogP contribution in [0.5, 0.6) is 0 Å². The quantitative estimate of drug-likeness (QED) is 0.444. The van der Waals surface area contributed by atoms with Gasteiger partial charge in [-0.1, -0.05) is 17.3 Å². The fraction of sp³-hybridized carbons (Fsp3) is 0.261. The van der Waals surface area contributed by atoms with Gasteiger partial charge in [0.25, 0.3) is 0 Å². The number of nitrogen functional groups attached to an aromatic ring is 1. The number of benzene rings is 1. The molecule has 1 aromatic carbocycles. The number of nitrogens with zero attached hydrogens (tertiary/aromatic N) is 8. The Morgan fingerprint density at radius 2 is 1.80 bits per heavy atom. The van der Waals surface area contributed by atoms with Crippen molar-refractivity contribution >= 4 is 28.6 Å². The van der Waals surface area contributed by atoms with Crippen molar-refractivity contribution in [2.75, 3.05) is 23.7 Å². The van der Waals surface area contributed by atoms with E-state index in [1.165, 1.54) is 19.3 Å². The van der Waals surface area contributed by atoms with Crippen molar-refractivity contribution < 1.29 is 9.59 Å². The van der Waals surface area contributed by atoms with E-state index >= 15 is 0 Å². The number of rotatable bonds is 5. The molecule has 0 saturated carbocycles. The average Bonchev–Trinajstić information content (AvgIpc) is 3.55. The maximum Gasteiger partial charge on any atom is 0.373 e. The predicted molar refractivity (Wildman–Crippen MR) is 128 cm³/mol. The molecule has 4 heterocycles. The van der Waals surface area contributed by atoms with Crippen LogP contribution in [0.4, 0.5) is 11.1 Å². The Bertz CT molecular complexity index is 1380. The van der Waals surface area contributed by atoms with E-state index in [4.69, 9.17) is 25.6 Å². The first-order valence-corrected chi connectivity index (χ1v) is 11.7. The molecule has 0 spiro atoms. The Hall–Kier alpha value is -4.46. The summed E-state index contributed by atoms with van der Waals surface area (Å²) in [6, 6.07) is 11.2. The van der Waals surface area contributed by atoms with Crippen molar-refractivity contribution in [2.24, 2.45) is 0 Å². The van der Waals surface area contributed by atoms with Gasteiger partial charge in [-0.2, -0.15) is 14.9 Å². The Morgan fingerprint density at radius 1 is 1.03 bits per heavy atom. The summed E-state index contributed by atoms with van der Waals surface area (Å²) in [6.07, 6.45) is 5.84. The molecule has 11 nitrogen and oxygen atoms in total. The minimum atomic E-state index is 0.139. The normalized spacial score (nSPS) is 12.8. The zero-order valence-corrected chi connectivity index (χ0v) is 19.5. The molecule has 4 aromatic rings. The molecule has 12 heteroatoms. The maximum atomic E-state index is 9.16. The Balaban J connectivity index is 0.000000917. The SMILES string of the molecule is N#Cc1cccc(-c2cc(-c3cn(Cc4csc(N5CCCCC5)n4)nn3)nc(N)n2)c1.O=C=O. The summed E-state index contributed by atoms with van der Waals surface area (Å²) in [4.78, 5) is 32.0. The summed E-state index contributed by atoms with van der Waals surface area (Å²) in [7, 11) is 0. The van der Waals surface area contributed by atoms with E-state index in [0.717, 1.165) is 29.5 Å². The van der Waals surface area contributed by atoms with Gasteiger partial charge in [0.05, 0.1) is 41.5 Å². The van der Waals surface area contributed by atoms with Crippen molar-refractivity contribution in [3.8, 4) is 28.7 Å². The van der Waals surface area contributed by atoms with Crippen molar-refractivity contribution in [3.05, 3.63) is 53.2 Å². The minimum absolute atomic E-state index is 0.139. The van der Waals surface area contributed by atoms with Gasteiger partial charge in [0.15, 0.2) is 5.13 Å². The molecule has 35 heavy (non-hydrogen) atoms. The summed E-state index contributed by atoms with van der Waals surface area (Å²) >= 11 is 1.68. The first-order valence-electron chi connectivity index (χ1n) is 10.8. The molecular weight excluding hydrogens is 466 g/mol. The standard InChI is InChI=1S/C22H21N9S.CO2/c23-11-15-5-4-6-16(9-15)18-10-19(27-21(24)26-18)20-13-31(29-28-20)12-17-14-32-22(25-17)30-7-2-1-3-8-30;2-1-3/h4-6,9-10,13-14H,1-3,7-8,12H2,(H2,24,26,27);. The summed E-state index contributed by atoms with van der Waals surface area (Å²) in [6.45, 7) is 2.69. The molecule has 0 radical (unpaired) electrons. The largest absolute Gasteiger partial charge is 0.373 e. The summed E-state index contributed by atoms with van der Waals surface area (Å²) in [5.74, 6) is 0.139. The van der Waals surface area contributed by atoms with E-state index < -0.39 is 0 Å². The van der Waals surface area contributed by atoms with Gasteiger partial charge in [-0.3, -0.25) is 0 Å². The Labute approximate surface area is 204 Å². The van der Waals surface area contributed by atoms with Crippen LogP contribution in [-0.4, -0.2) is 49.2 Å². The highest BCUT2D eigenvalue weighted by Crippen LogP contribution is 2.26. The highest BCUT2D eigenvalue weighted by Gasteiger charge is 2.15. The van der Waals surface area contributed by atoms with Gasteiger partial charge in [0.1, 0.15) is 5.69 Å². The van der Waals surface area contributed by atoms with E-state index in [9.17, 15) is 0 Å². The molecule has 1 aliphatic rings. The second kappa shape index (κ2) is 11.1. The molecule has 0 bridgehead atoms. The number of anilines is 2. The third kappa shape index (κ3) is 5.92. The molecule has 2 N–H and O–H groups in total. The number of aromatic nitrogens is 6. The topological polar surface area (TPSA) is 157 Å². The third-order valence-corrected chi connectivity index (χ3v) is 6.27. The van der Waals surface area contributed by atoms with Gasteiger partial charge in [-0.15, -0.1) is 16.4 Å². The van der Waals surface area contributed by atoms with Gasteiger partial charge < -0.3 is 10.6 Å². The monoisotopic (exact) mass is 487 g/mol. The lowest BCUT2D eigenvalue weighted by Gasteiger charge is -2.25. The molecule has 176 valence electrons. The minimum Gasteiger partial charge on any atom is -0.368 e. The van der Waals surface area contributed by atoms with Crippen molar-refractivity contribution in [2.45, 2.75) is 25.8 Å². The Kier molecular flexibility index (Phi) is 7.52. The Morgan fingerprint density at radius 3 is 2.57 bits per heavy atom. The highest BCUT2D eigenvalue weighted by atomic mass is 32.1. The summed E-state index contributed by atoms with van der Waals surface area (Å²) in [5.41, 5.74) is 10.1. The van der Waals surface area contributed by atoms with Crippen molar-refractivity contribution in [1.29, 1.82) is 5.26 Å². The molecule has 1 fully saturated rings. The lowest BCUT2D eigenvalue weighted by Crippen LogP contribution is -2.29. The summed E-state index contributed by atoms with van der Waals surface area (Å²) < 4.78 is 1.75. The molecule has 0 aliphatic carbocycles. The number of hydrogen-bond acceptors (Lipinski definition) is 11. The number of nitrogens with two attached hydrogens (primary N) is 1. The smallest absolute Gasteiger partial charge is 0.368 e. The third-order valence-electron chi connectivity index (χ3n) is 5.32. The zero-order chi connectivity index (χ0) is 24.6. The lowest BCUT2D eigenvalue weighted by atomic mass is 10.1. The maximum absolute atomic E-state index is 9.16. The van der Waals surface area contributed by atoms with E-state index in [1.807, 2.05) is 18.3 Å². The number of thiazole rings is 1. The fourth-order valence-corrected chi connectivity index (χ4v) is 4.62. The van der Waals surface area contributed by atoms with Crippen molar-refractivity contribution in [3.63, 3.8) is 0 Å². The van der Waals surface area contributed by atoms with Gasteiger partial charge in [0.2, 0.25) is 5.95 Å². The van der Waals surface area contributed by atoms with Crippen LogP contribution >= 0.6 is 11.3 Å². The van der Waals surface area contributed by atoms with Gasteiger partial charge in [-0.05, 0) is 37.5 Å². The summed E-state index contributed by atoms with van der Waals surface area (Å²) in [5, 5.41) is 20.8. The molecule has 0 atom stereocenters. The molecule has 5 rings (SSSR count). The van der Waals surface area contributed by atoms with Crippen LogP contribution in [0.1, 0.15) is 30.5 Å². The van der Waals surface area contributed by atoms with Gasteiger partial charge in [-0.25, -0.2) is 19.6 Å². The molecule has 0 unspecified atom stereocenters. The van der Waals surface area contributed by atoms with Crippen LogP contribution in [0.3, 0.4) is 0 Å². The first-order chi connectivity index (χ1) is 17.1. The second-order valence-electron chi connectivity index (χ2n) is 7.74. The lowest BCUT2D eigenvalue weighted by molar-refractivity contribution is -0.191. The van der Waals surface area contributed by atoms with Gasteiger partial charge in [0, 0.05) is 24.0 Å². The molecule has 1 saturated heterocycles. The van der Waals surface area contributed by atoms with Crippen LogP contribution in [0.2, 0.25) is 0 Å². The predicted octanol–water partition coefficient (Wildman–Crippen LogP) is 2.77. The van der Waals surface area contributed by atoms with Gasteiger partial charge >= 0.3 is 6.15 Å². The van der Waals surface area contributed by atoms with Crippen LogP contribution in [0, 0.1) is 11.3 Å².